The average molecular weight is 407 g/mol. The first-order chi connectivity index (χ1) is 14.5. The number of ether oxygens (including phenoxy) is 1. The Morgan fingerprint density at radius 2 is 1.77 bits per heavy atom. The second-order valence-corrected chi connectivity index (χ2v) is 6.74. The van der Waals surface area contributed by atoms with Crippen LogP contribution in [-0.4, -0.2) is 42.0 Å². The molecule has 1 aromatic heterocycles. The Morgan fingerprint density at radius 3 is 2.43 bits per heavy atom. The van der Waals surface area contributed by atoms with Gasteiger partial charge < -0.3 is 15.4 Å². The molecule has 8 nitrogen and oxygen atoms in total. The van der Waals surface area contributed by atoms with Crippen LogP contribution in [0.1, 0.15) is 19.4 Å². The predicted octanol–water partition coefficient (Wildman–Crippen LogP) is 2.74. The molecule has 0 bridgehead atoms. The summed E-state index contributed by atoms with van der Waals surface area (Å²) in [6, 6.07) is 15.4. The van der Waals surface area contributed by atoms with Crippen molar-refractivity contribution in [2.45, 2.75) is 20.4 Å². The van der Waals surface area contributed by atoms with Crippen molar-refractivity contribution in [3.05, 3.63) is 54.1 Å². The van der Waals surface area contributed by atoms with E-state index in [1.54, 1.807) is 7.11 Å². The Hall–Kier alpha value is -3.68. The van der Waals surface area contributed by atoms with Crippen molar-refractivity contribution in [2.24, 2.45) is 0 Å². The molecule has 1 heterocycles. The number of amides is 2. The van der Waals surface area contributed by atoms with Crippen LogP contribution in [0.3, 0.4) is 0 Å². The number of methoxy groups -OCH3 is 1. The van der Waals surface area contributed by atoms with Crippen molar-refractivity contribution in [3.8, 4) is 5.75 Å². The van der Waals surface area contributed by atoms with E-state index in [4.69, 9.17) is 4.74 Å². The summed E-state index contributed by atoms with van der Waals surface area (Å²) in [4.78, 5) is 34.0. The van der Waals surface area contributed by atoms with Gasteiger partial charge in [-0.25, -0.2) is 4.98 Å². The van der Waals surface area contributed by atoms with E-state index in [0.717, 1.165) is 22.2 Å². The Morgan fingerprint density at radius 1 is 1.03 bits per heavy atom. The number of anilines is 2. The van der Waals surface area contributed by atoms with Crippen LogP contribution in [0.4, 0.5) is 11.8 Å². The molecule has 0 saturated heterocycles. The van der Waals surface area contributed by atoms with Gasteiger partial charge in [-0.05, 0) is 29.8 Å². The van der Waals surface area contributed by atoms with Gasteiger partial charge in [-0.1, -0.05) is 24.3 Å². The molecule has 3 aromatic rings. The lowest BCUT2D eigenvalue weighted by Crippen LogP contribution is -2.38. The molecule has 30 heavy (non-hydrogen) atoms. The highest BCUT2D eigenvalue weighted by Crippen LogP contribution is 2.24. The number of nitrogens with zero attached hydrogens (tertiary/aromatic N) is 3. The summed E-state index contributed by atoms with van der Waals surface area (Å²) in [6.07, 6.45) is 0. The highest BCUT2D eigenvalue weighted by molar-refractivity contribution is 5.94. The first kappa shape index (κ1) is 21.0. The van der Waals surface area contributed by atoms with E-state index < -0.39 is 0 Å². The fraction of sp³-hybridized carbons (Fsp3) is 0.273. The second-order valence-electron chi connectivity index (χ2n) is 6.74. The minimum absolute atomic E-state index is 0.153. The third-order valence-corrected chi connectivity index (χ3v) is 4.54. The molecule has 0 fully saturated rings. The van der Waals surface area contributed by atoms with Gasteiger partial charge in [0.15, 0.2) is 0 Å². The number of carbonyl (C=O) groups excluding carboxylic acids is 2. The first-order valence-electron chi connectivity index (χ1n) is 9.64. The van der Waals surface area contributed by atoms with Crippen LogP contribution in [0, 0.1) is 0 Å². The van der Waals surface area contributed by atoms with E-state index in [0.29, 0.717) is 24.9 Å². The average Bonchev–Trinajstić information content (AvgIpc) is 2.74. The minimum Gasteiger partial charge on any atom is -0.497 e. The molecular formula is C22H25N5O3. The summed E-state index contributed by atoms with van der Waals surface area (Å²) >= 11 is 0. The van der Waals surface area contributed by atoms with Crippen molar-refractivity contribution in [3.63, 3.8) is 0 Å². The van der Waals surface area contributed by atoms with Gasteiger partial charge in [0.2, 0.25) is 17.8 Å². The minimum atomic E-state index is -0.197. The largest absolute Gasteiger partial charge is 0.497 e. The summed E-state index contributed by atoms with van der Waals surface area (Å²) in [5.41, 5.74) is 1.79. The lowest BCUT2D eigenvalue weighted by Gasteiger charge is -2.21. The van der Waals surface area contributed by atoms with Gasteiger partial charge in [-0.15, -0.1) is 0 Å². The molecule has 0 aliphatic rings. The molecule has 0 aliphatic heterocycles. The van der Waals surface area contributed by atoms with Crippen LogP contribution in [0.15, 0.2) is 48.5 Å². The van der Waals surface area contributed by atoms with Crippen molar-refractivity contribution < 1.29 is 14.3 Å². The van der Waals surface area contributed by atoms with Crippen molar-refractivity contribution in [2.75, 3.05) is 30.4 Å². The normalized spacial score (nSPS) is 10.5. The van der Waals surface area contributed by atoms with Crippen LogP contribution in [0.5, 0.6) is 5.75 Å². The fourth-order valence-corrected chi connectivity index (χ4v) is 2.99. The monoisotopic (exact) mass is 407 g/mol. The molecule has 2 aromatic carbocycles. The molecule has 0 atom stereocenters. The number of carbonyl (C=O) groups is 2. The number of benzene rings is 2. The number of para-hydroxylation sites is 1. The van der Waals surface area contributed by atoms with Gasteiger partial charge in [-0.3, -0.25) is 14.5 Å². The number of hydrogen-bond acceptors (Lipinski definition) is 6. The zero-order valence-electron chi connectivity index (χ0n) is 17.3. The standard InChI is InChI=1S/C22H25N5O3/c1-15(28)23-12-13-27(16(2)29)22-25-20-7-5-4-6-19(20)21(26-22)24-14-17-8-10-18(30-3)11-9-17/h4-11H,12-14H2,1-3H3,(H,23,28)(H,24,25,26). The van der Waals surface area contributed by atoms with E-state index in [9.17, 15) is 9.59 Å². The van der Waals surface area contributed by atoms with Crippen molar-refractivity contribution >= 4 is 34.5 Å². The molecule has 0 radical (unpaired) electrons. The van der Waals surface area contributed by atoms with Crippen LogP contribution in [-0.2, 0) is 16.1 Å². The molecule has 3 rings (SSSR count). The lowest BCUT2D eigenvalue weighted by molar-refractivity contribution is -0.119. The lowest BCUT2D eigenvalue weighted by atomic mass is 10.2. The van der Waals surface area contributed by atoms with Gasteiger partial charge in [0.25, 0.3) is 0 Å². The maximum absolute atomic E-state index is 12.2. The fourth-order valence-electron chi connectivity index (χ4n) is 2.99. The molecule has 2 N–H and O–H groups in total. The Kier molecular flexibility index (Phi) is 6.79. The van der Waals surface area contributed by atoms with Crippen molar-refractivity contribution in [1.82, 2.24) is 15.3 Å². The molecule has 0 aliphatic carbocycles. The molecule has 0 saturated carbocycles. The van der Waals surface area contributed by atoms with Gasteiger partial charge in [0, 0.05) is 38.9 Å². The topological polar surface area (TPSA) is 96.5 Å². The highest BCUT2D eigenvalue weighted by Gasteiger charge is 2.17. The summed E-state index contributed by atoms with van der Waals surface area (Å²) in [7, 11) is 1.63. The number of fused-ring (bicyclic) bond motifs is 1. The molecule has 0 unspecified atom stereocenters. The molecule has 8 heteroatoms. The SMILES string of the molecule is COc1ccc(CNc2nc(N(CCNC(C)=O)C(C)=O)nc3ccccc23)cc1. The zero-order valence-corrected chi connectivity index (χ0v) is 17.3. The summed E-state index contributed by atoms with van der Waals surface area (Å²) in [5.74, 6) is 1.38. The second kappa shape index (κ2) is 9.69. The third kappa shape index (κ3) is 5.22. The molecule has 2 amide bonds. The Bertz CT molecular complexity index is 1040. The number of hydrogen-bond donors (Lipinski definition) is 2. The van der Waals surface area contributed by atoms with Crippen LogP contribution < -0.4 is 20.3 Å². The molecular weight excluding hydrogens is 382 g/mol. The number of nitrogens with one attached hydrogen (secondary N) is 2. The number of rotatable bonds is 8. The molecule has 156 valence electrons. The van der Waals surface area contributed by atoms with Gasteiger partial charge in [-0.2, -0.15) is 4.98 Å². The summed E-state index contributed by atoms with van der Waals surface area (Å²) < 4.78 is 5.20. The quantitative estimate of drug-likeness (QED) is 0.596. The van der Waals surface area contributed by atoms with Crippen LogP contribution >= 0.6 is 0 Å². The van der Waals surface area contributed by atoms with Gasteiger partial charge in [0.1, 0.15) is 11.6 Å². The first-order valence-corrected chi connectivity index (χ1v) is 9.64. The summed E-state index contributed by atoms with van der Waals surface area (Å²) in [6.45, 7) is 4.05. The molecule has 0 spiro atoms. The van der Waals surface area contributed by atoms with E-state index >= 15 is 0 Å². The van der Waals surface area contributed by atoms with Crippen molar-refractivity contribution in [1.29, 1.82) is 0 Å². The maximum Gasteiger partial charge on any atom is 0.234 e. The van der Waals surface area contributed by atoms with E-state index in [1.165, 1.54) is 18.7 Å². The number of aromatic nitrogens is 2. The third-order valence-electron chi connectivity index (χ3n) is 4.54. The predicted molar refractivity (Wildman–Crippen MR) is 117 cm³/mol. The highest BCUT2D eigenvalue weighted by atomic mass is 16.5. The Labute approximate surface area is 175 Å². The maximum atomic E-state index is 12.2. The summed E-state index contributed by atoms with van der Waals surface area (Å²) in [5, 5.41) is 6.91. The van der Waals surface area contributed by atoms with Crippen LogP contribution in [0.2, 0.25) is 0 Å². The van der Waals surface area contributed by atoms with Gasteiger partial charge in [0.05, 0.1) is 12.6 Å². The van der Waals surface area contributed by atoms with Crippen LogP contribution in [0.25, 0.3) is 10.9 Å². The van der Waals surface area contributed by atoms with E-state index in [1.807, 2.05) is 48.5 Å². The Balaban J connectivity index is 1.88. The van der Waals surface area contributed by atoms with E-state index in [-0.39, 0.29) is 18.4 Å². The smallest absolute Gasteiger partial charge is 0.234 e. The zero-order chi connectivity index (χ0) is 21.5. The van der Waals surface area contributed by atoms with Gasteiger partial charge >= 0.3 is 0 Å². The van der Waals surface area contributed by atoms with E-state index in [2.05, 4.69) is 20.6 Å².